The SMILES string of the molecule is COc1cccc2sc(N(CCN(C)C)C(=O)c3ccc(C)cc3C)nc12. The molecule has 3 rings (SSSR count). The van der Waals surface area contributed by atoms with E-state index in [0.717, 1.165) is 33.6 Å². The predicted molar refractivity (Wildman–Crippen MR) is 112 cm³/mol. The standard InChI is InChI=1S/C21H25N3O2S/c1-14-9-10-16(15(2)13-14)20(25)24(12-11-23(3)4)21-22-19-17(26-5)7-6-8-18(19)27-21/h6-10,13H,11-12H2,1-5H3. The van der Waals surface area contributed by atoms with Crippen LogP contribution in [0.3, 0.4) is 0 Å². The summed E-state index contributed by atoms with van der Waals surface area (Å²) in [6, 6.07) is 11.8. The highest BCUT2D eigenvalue weighted by Gasteiger charge is 2.23. The number of aryl methyl sites for hydroxylation is 2. The maximum absolute atomic E-state index is 13.4. The van der Waals surface area contributed by atoms with Crippen LogP contribution in [0, 0.1) is 13.8 Å². The van der Waals surface area contributed by atoms with Crippen molar-refractivity contribution < 1.29 is 9.53 Å². The van der Waals surface area contributed by atoms with Crippen molar-refractivity contribution in [2.45, 2.75) is 13.8 Å². The number of aromatic nitrogens is 1. The van der Waals surface area contributed by atoms with Crippen LogP contribution in [-0.2, 0) is 0 Å². The van der Waals surface area contributed by atoms with Crippen molar-refractivity contribution in [3.8, 4) is 5.75 Å². The van der Waals surface area contributed by atoms with Crippen molar-refractivity contribution in [3.05, 3.63) is 53.1 Å². The van der Waals surface area contributed by atoms with Crippen molar-refractivity contribution in [1.29, 1.82) is 0 Å². The summed E-state index contributed by atoms with van der Waals surface area (Å²) in [4.78, 5) is 21.9. The molecule has 0 aliphatic heterocycles. The number of benzene rings is 2. The summed E-state index contributed by atoms with van der Waals surface area (Å²) in [5, 5.41) is 0.696. The summed E-state index contributed by atoms with van der Waals surface area (Å²) in [6.07, 6.45) is 0. The molecule has 0 saturated carbocycles. The monoisotopic (exact) mass is 383 g/mol. The number of rotatable bonds is 6. The number of likely N-dealkylation sites (N-methyl/N-ethyl adjacent to an activating group) is 1. The second-order valence-corrected chi connectivity index (χ2v) is 7.89. The molecule has 0 N–H and O–H groups in total. The summed E-state index contributed by atoms with van der Waals surface area (Å²) < 4.78 is 6.44. The van der Waals surface area contributed by atoms with E-state index in [0.29, 0.717) is 17.2 Å². The van der Waals surface area contributed by atoms with Gasteiger partial charge >= 0.3 is 0 Å². The van der Waals surface area contributed by atoms with E-state index in [9.17, 15) is 4.79 Å². The molecule has 1 amide bonds. The predicted octanol–water partition coefficient (Wildman–Crippen LogP) is 4.13. The van der Waals surface area contributed by atoms with Gasteiger partial charge in [0, 0.05) is 18.7 Å². The van der Waals surface area contributed by atoms with Gasteiger partial charge in [0.05, 0.1) is 11.8 Å². The fourth-order valence-electron chi connectivity index (χ4n) is 2.97. The zero-order valence-electron chi connectivity index (χ0n) is 16.4. The molecule has 0 unspecified atom stereocenters. The number of ether oxygens (including phenoxy) is 1. The Hall–Kier alpha value is -2.44. The molecule has 1 heterocycles. The number of amides is 1. The molecular formula is C21H25N3O2S. The number of methoxy groups -OCH3 is 1. The minimum Gasteiger partial charge on any atom is -0.494 e. The van der Waals surface area contributed by atoms with Crippen LogP contribution in [0.25, 0.3) is 10.2 Å². The molecule has 142 valence electrons. The third-order valence-electron chi connectivity index (χ3n) is 4.45. The van der Waals surface area contributed by atoms with Gasteiger partial charge in [-0.05, 0) is 51.7 Å². The van der Waals surface area contributed by atoms with E-state index in [1.807, 2.05) is 64.3 Å². The van der Waals surface area contributed by atoms with Crippen LogP contribution in [-0.4, -0.2) is 50.1 Å². The third-order valence-corrected chi connectivity index (χ3v) is 5.49. The van der Waals surface area contributed by atoms with Crippen molar-refractivity contribution in [2.24, 2.45) is 0 Å². The maximum atomic E-state index is 13.4. The molecular weight excluding hydrogens is 358 g/mol. The van der Waals surface area contributed by atoms with Crippen LogP contribution in [0.4, 0.5) is 5.13 Å². The highest BCUT2D eigenvalue weighted by atomic mass is 32.1. The number of hydrogen-bond donors (Lipinski definition) is 0. The van der Waals surface area contributed by atoms with Crippen molar-refractivity contribution >= 4 is 32.6 Å². The Labute approximate surface area is 164 Å². The van der Waals surface area contributed by atoms with Gasteiger partial charge in [-0.3, -0.25) is 9.69 Å². The lowest BCUT2D eigenvalue weighted by Gasteiger charge is -2.23. The fraction of sp³-hybridized carbons (Fsp3) is 0.333. The summed E-state index contributed by atoms with van der Waals surface area (Å²) >= 11 is 1.51. The second-order valence-electron chi connectivity index (χ2n) is 6.88. The van der Waals surface area contributed by atoms with Crippen molar-refractivity contribution in [1.82, 2.24) is 9.88 Å². The summed E-state index contributed by atoms with van der Waals surface area (Å²) in [5.41, 5.74) is 3.64. The molecule has 2 aromatic carbocycles. The average molecular weight is 384 g/mol. The van der Waals surface area contributed by atoms with Crippen LogP contribution in [0.5, 0.6) is 5.75 Å². The first-order valence-corrected chi connectivity index (χ1v) is 9.69. The van der Waals surface area contributed by atoms with Gasteiger partial charge in [0.1, 0.15) is 11.3 Å². The molecule has 5 nitrogen and oxygen atoms in total. The zero-order chi connectivity index (χ0) is 19.6. The summed E-state index contributed by atoms with van der Waals surface area (Å²) in [7, 11) is 5.64. The first kappa shape index (κ1) is 19.3. The van der Waals surface area contributed by atoms with Gasteiger partial charge in [0.2, 0.25) is 0 Å². The molecule has 0 bridgehead atoms. The number of fused-ring (bicyclic) bond motifs is 1. The normalized spacial score (nSPS) is 11.2. The number of carbonyl (C=O) groups is 1. The van der Waals surface area contributed by atoms with E-state index in [2.05, 4.69) is 4.90 Å². The van der Waals surface area contributed by atoms with Gasteiger partial charge in [-0.25, -0.2) is 4.98 Å². The van der Waals surface area contributed by atoms with Gasteiger partial charge < -0.3 is 9.64 Å². The molecule has 0 saturated heterocycles. The minimum absolute atomic E-state index is 0.0210. The van der Waals surface area contributed by atoms with Gasteiger partial charge in [0.25, 0.3) is 5.91 Å². The minimum atomic E-state index is -0.0210. The molecule has 3 aromatic rings. The molecule has 0 radical (unpaired) electrons. The second kappa shape index (κ2) is 8.06. The number of anilines is 1. The molecule has 1 aromatic heterocycles. The van der Waals surface area contributed by atoms with Crippen LogP contribution in [0.1, 0.15) is 21.5 Å². The third kappa shape index (κ3) is 4.12. The first-order chi connectivity index (χ1) is 12.9. The van der Waals surface area contributed by atoms with Crippen LogP contribution in [0.2, 0.25) is 0 Å². The fourth-order valence-corrected chi connectivity index (χ4v) is 3.98. The van der Waals surface area contributed by atoms with E-state index in [-0.39, 0.29) is 5.91 Å². The van der Waals surface area contributed by atoms with E-state index >= 15 is 0 Å². The van der Waals surface area contributed by atoms with E-state index < -0.39 is 0 Å². The summed E-state index contributed by atoms with van der Waals surface area (Å²) in [6.45, 7) is 5.33. The number of thiazole rings is 1. The summed E-state index contributed by atoms with van der Waals surface area (Å²) in [5.74, 6) is 0.703. The number of carbonyl (C=O) groups excluding carboxylic acids is 1. The zero-order valence-corrected chi connectivity index (χ0v) is 17.3. The highest BCUT2D eigenvalue weighted by Crippen LogP contribution is 2.34. The molecule has 0 atom stereocenters. The average Bonchev–Trinajstić information content (AvgIpc) is 3.05. The van der Waals surface area contributed by atoms with E-state index in [4.69, 9.17) is 9.72 Å². The van der Waals surface area contributed by atoms with Crippen molar-refractivity contribution in [3.63, 3.8) is 0 Å². The Morgan fingerprint density at radius 2 is 1.93 bits per heavy atom. The molecule has 0 fully saturated rings. The quantitative estimate of drug-likeness (QED) is 0.642. The smallest absolute Gasteiger partial charge is 0.260 e. The molecule has 0 spiro atoms. The lowest BCUT2D eigenvalue weighted by atomic mass is 10.0. The van der Waals surface area contributed by atoms with E-state index in [1.165, 1.54) is 11.3 Å². The lowest BCUT2D eigenvalue weighted by molar-refractivity contribution is 0.0984. The maximum Gasteiger partial charge on any atom is 0.260 e. The largest absolute Gasteiger partial charge is 0.494 e. The van der Waals surface area contributed by atoms with Crippen LogP contribution in [0.15, 0.2) is 36.4 Å². The molecule has 27 heavy (non-hydrogen) atoms. The number of hydrogen-bond acceptors (Lipinski definition) is 5. The topological polar surface area (TPSA) is 45.7 Å². The van der Waals surface area contributed by atoms with Gasteiger partial charge in [-0.2, -0.15) is 0 Å². The Bertz CT molecular complexity index is 965. The molecule has 0 aliphatic carbocycles. The van der Waals surface area contributed by atoms with Crippen LogP contribution >= 0.6 is 11.3 Å². The number of para-hydroxylation sites is 1. The van der Waals surface area contributed by atoms with Gasteiger partial charge in [-0.15, -0.1) is 0 Å². The Morgan fingerprint density at radius 3 is 2.59 bits per heavy atom. The van der Waals surface area contributed by atoms with Crippen molar-refractivity contribution in [2.75, 3.05) is 39.2 Å². The van der Waals surface area contributed by atoms with E-state index in [1.54, 1.807) is 12.0 Å². The first-order valence-electron chi connectivity index (χ1n) is 8.88. The Balaban J connectivity index is 2.04. The van der Waals surface area contributed by atoms with Gasteiger partial charge in [-0.1, -0.05) is 35.1 Å². The Kier molecular flexibility index (Phi) is 5.77. The highest BCUT2D eigenvalue weighted by molar-refractivity contribution is 7.22. The van der Waals surface area contributed by atoms with Crippen LogP contribution < -0.4 is 9.64 Å². The van der Waals surface area contributed by atoms with Gasteiger partial charge in [0.15, 0.2) is 5.13 Å². The molecule has 6 heteroatoms. The number of nitrogens with zero attached hydrogens (tertiary/aromatic N) is 3. The molecule has 0 aliphatic rings. The Morgan fingerprint density at radius 1 is 1.15 bits per heavy atom. The lowest BCUT2D eigenvalue weighted by Crippen LogP contribution is -2.37.